The van der Waals surface area contributed by atoms with E-state index in [0.717, 1.165) is 5.56 Å². The lowest BCUT2D eigenvalue weighted by atomic mass is 10.1. The molecule has 0 bridgehead atoms. The average molecular weight is 195 g/mol. The lowest BCUT2D eigenvalue weighted by Gasteiger charge is -2.04. The van der Waals surface area contributed by atoms with Crippen LogP contribution in [0, 0.1) is 10.1 Å². The molecular weight excluding hydrogens is 182 g/mol. The van der Waals surface area contributed by atoms with Crippen molar-refractivity contribution >= 4 is 11.4 Å². The Bertz CT molecular complexity index is 339. The summed E-state index contributed by atoms with van der Waals surface area (Å²) >= 11 is 0. The summed E-state index contributed by atoms with van der Waals surface area (Å²) in [6.45, 7) is 0.630. The third-order valence-electron chi connectivity index (χ3n) is 1.91. The maximum absolute atomic E-state index is 10.7. The van der Waals surface area contributed by atoms with E-state index in [-0.39, 0.29) is 10.6 Å². The summed E-state index contributed by atoms with van der Waals surface area (Å²) in [6.07, 6.45) is 0. The lowest BCUT2D eigenvalue weighted by Crippen LogP contribution is -2.06. The highest BCUT2D eigenvalue weighted by atomic mass is 16.6. The van der Waals surface area contributed by atoms with E-state index >= 15 is 0 Å². The minimum Gasteiger partial charge on any atom is -0.383 e. The molecule has 0 aromatic heterocycles. The van der Waals surface area contributed by atoms with Gasteiger partial charge in [-0.15, -0.1) is 0 Å². The number of rotatable bonds is 4. The summed E-state index contributed by atoms with van der Waals surface area (Å²) in [5.74, 6) is 0. The molecule has 0 atom stereocenters. The van der Waals surface area contributed by atoms with Crippen LogP contribution in [0.1, 0.15) is 5.56 Å². The van der Waals surface area contributed by atoms with Crippen LogP contribution in [0.3, 0.4) is 0 Å². The maximum Gasteiger partial charge on any atom is 0.292 e. The fourth-order valence-electron chi connectivity index (χ4n) is 1.25. The highest BCUT2D eigenvalue weighted by Crippen LogP contribution is 2.24. The molecule has 1 rings (SSSR count). The Morgan fingerprint density at radius 2 is 2.14 bits per heavy atom. The molecule has 0 amide bonds. The zero-order valence-corrected chi connectivity index (χ0v) is 8.20. The van der Waals surface area contributed by atoms with Crippen molar-refractivity contribution in [2.45, 2.75) is 6.54 Å². The predicted molar refractivity (Wildman–Crippen MR) is 55.4 cm³/mol. The number of anilines is 1. The molecular formula is C9H13N3O2. The first-order valence-electron chi connectivity index (χ1n) is 4.28. The van der Waals surface area contributed by atoms with Crippen molar-refractivity contribution in [2.75, 3.05) is 19.4 Å². The second kappa shape index (κ2) is 4.57. The lowest BCUT2D eigenvalue weighted by molar-refractivity contribution is -0.384. The van der Waals surface area contributed by atoms with Gasteiger partial charge in [-0.3, -0.25) is 10.1 Å². The number of nitro groups is 1. The average Bonchev–Trinajstić information content (AvgIpc) is 2.18. The van der Waals surface area contributed by atoms with Gasteiger partial charge in [0.1, 0.15) is 5.69 Å². The molecule has 0 aliphatic rings. The summed E-state index contributed by atoms with van der Waals surface area (Å²) in [5.41, 5.74) is 1.55. The SMILES string of the molecule is CNCc1ccc(NC)c([N+](=O)[O-])c1. The molecule has 0 unspecified atom stereocenters. The van der Waals surface area contributed by atoms with Crippen LogP contribution in [0.25, 0.3) is 0 Å². The minimum atomic E-state index is -0.384. The van der Waals surface area contributed by atoms with Gasteiger partial charge in [0.2, 0.25) is 0 Å². The topological polar surface area (TPSA) is 67.2 Å². The van der Waals surface area contributed by atoms with Gasteiger partial charge in [-0.25, -0.2) is 0 Å². The molecule has 1 aromatic rings. The summed E-state index contributed by atoms with van der Waals surface area (Å²) < 4.78 is 0. The van der Waals surface area contributed by atoms with Crippen molar-refractivity contribution in [1.82, 2.24) is 5.32 Å². The van der Waals surface area contributed by atoms with Gasteiger partial charge < -0.3 is 10.6 Å². The van der Waals surface area contributed by atoms with E-state index in [4.69, 9.17) is 0 Å². The molecule has 0 spiro atoms. The molecule has 0 fully saturated rings. The Morgan fingerprint density at radius 1 is 1.43 bits per heavy atom. The molecule has 5 nitrogen and oxygen atoms in total. The van der Waals surface area contributed by atoms with E-state index in [1.807, 2.05) is 6.07 Å². The highest BCUT2D eigenvalue weighted by molar-refractivity contribution is 5.62. The van der Waals surface area contributed by atoms with Crippen LogP contribution in [-0.4, -0.2) is 19.0 Å². The molecule has 0 saturated carbocycles. The first-order valence-corrected chi connectivity index (χ1v) is 4.28. The Hall–Kier alpha value is -1.62. The Kier molecular flexibility index (Phi) is 3.41. The normalized spacial score (nSPS) is 9.86. The number of nitrogens with one attached hydrogen (secondary N) is 2. The van der Waals surface area contributed by atoms with E-state index in [9.17, 15) is 10.1 Å². The molecule has 1 aromatic carbocycles. The van der Waals surface area contributed by atoms with Crippen molar-refractivity contribution in [3.05, 3.63) is 33.9 Å². The van der Waals surface area contributed by atoms with Crippen molar-refractivity contribution < 1.29 is 4.92 Å². The third kappa shape index (κ3) is 2.20. The van der Waals surface area contributed by atoms with Gasteiger partial charge in [-0.05, 0) is 18.7 Å². The molecule has 0 radical (unpaired) electrons. The molecule has 14 heavy (non-hydrogen) atoms. The van der Waals surface area contributed by atoms with Crippen LogP contribution in [-0.2, 0) is 6.54 Å². The van der Waals surface area contributed by atoms with Gasteiger partial charge >= 0.3 is 0 Å². The van der Waals surface area contributed by atoms with Crippen LogP contribution in [0.15, 0.2) is 18.2 Å². The Labute approximate surface area is 82.3 Å². The van der Waals surface area contributed by atoms with Crippen LogP contribution in [0.2, 0.25) is 0 Å². The van der Waals surface area contributed by atoms with Gasteiger partial charge in [0.05, 0.1) is 4.92 Å². The minimum absolute atomic E-state index is 0.111. The molecule has 0 aliphatic carbocycles. The Balaban J connectivity index is 3.07. The van der Waals surface area contributed by atoms with Crippen LogP contribution < -0.4 is 10.6 Å². The number of hydrogen-bond donors (Lipinski definition) is 2. The van der Waals surface area contributed by atoms with Crippen molar-refractivity contribution in [2.24, 2.45) is 0 Å². The standard InChI is InChI=1S/C9H13N3O2/c1-10-6-7-3-4-8(11-2)9(5-7)12(13)14/h3-5,10-11H,6H2,1-2H3. The van der Waals surface area contributed by atoms with E-state index < -0.39 is 0 Å². The first kappa shape index (κ1) is 10.5. The van der Waals surface area contributed by atoms with Crippen molar-refractivity contribution in [3.63, 3.8) is 0 Å². The fraction of sp³-hybridized carbons (Fsp3) is 0.333. The van der Waals surface area contributed by atoms with E-state index in [1.54, 1.807) is 26.2 Å². The number of benzene rings is 1. The van der Waals surface area contributed by atoms with Gasteiger partial charge in [0.15, 0.2) is 0 Å². The van der Waals surface area contributed by atoms with E-state index in [0.29, 0.717) is 12.2 Å². The number of nitrogens with zero attached hydrogens (tertiary/aromatic N) is 1. The molecule has 5 heteroatoms. The van der Waals surface area contributed by atoms with Gasteiger partial charge in [0.25, 0.3) is 5.69 Å². The fourth-order valence-corrected chi connectivity index (χ4v) is 1.25. The summed E-state index contributed by atoms with van der Waals surface area (Å²) in [4.78, 5) is 10.3. The third-order valence-corrected chi connectivity index (χ3v) is 1.91. The predicted octanol–water partition coefficient (Wildman–Crippen LogP) is 1.36. The van der Waals surface area contributed by atoms with Gasteiger partial charge in [-0.2, -0.15) is 0 Å². The number of hydrogen-bond acceptors (Lipinski definition) is 4. The first-order chi connectivity index (χ1) is 6.69. The molecule has 76 valence electrons. The van der Waals surface area contributed by atoms with Crippen LogP contribution >= 0.6 is 0 Å². The van der Waals surface area contributed by atoms with Gasteiger partial charge in [-0.1, -0.05) is 6.07 Å². The molecule has 0 heterocycles. The quantitative estimate of drug-likeness (QED) is 0.562. The van der Waals surface area contributed by atoms with Gasteiger partial charge in [0, 0.05) is 19.7 Å². The number of nitro benzene ring substituents is 1. The molecule has 2 N–H and O–H groups in total. The largest absolute Gasteiger partial charge is 0.383 e. The Morgan fingerprint density at radius 3 is 2.64 bits per heavy atom. The zero-order valence-electron chi connectivity index (χ0n) is 8.20. The van der Waals surface area contributed by atoms with Crippen LogP contribution in [0.4, 0.5) is 11.4 Å². The van der Waals surface area contributed by atoms with E-state index in [1.165, 1.54) is 0 Å². The summed E-state index contributed by atoms with van der Waals surface area (Å²) in [7, 11) is 3.47. The van der Waals surface area contributed by atoms with Crippen molar-refractivity contribution in [3.8, 4) is 0 Å². The molecule has 0 saturated heterocycles. The maximum atomic E-state index is 10.7. The monoisotopic (exact) mass is 195 g/mol. The summed E-state index contributed by atoms with van der Waals surface area (Å²) in [5, 5.41) is 16.4. The van der Waals surface area contributed by atoms with Crippen molar-refractivity contribution in [1.29, 1.82) is 0 Å². The second-order valence-electron chi connectivity index (χ2n) is 2.89. The smallest absolute Gasteiger partial charge is 0.292 e. The summed E-state index contributed by atoms with van der Waals surface area (Å²) in [6, 6.07) is 5.14. The zero-order chi connectivity index (χ0) is 10.6. The van der Waals surface area contributed by atoms with Crippen LogP contribution in [0.5, 0.6) is 0 Å². The van der Waals surface area contributed by atoms with E-state index in [2.05, 4.69) is 10.6 Å². The second-order valence-corrected chi connectivity index (χ2v) is 2.89. The molecule has 0 aliphatic heterocycles. The highest BCUT2D eigenvalue weighted by Gasteiger charge is 2.12.